The van der Waals surface area contributed by atoms with Crippen molar-refractivity contribution in [3.8, 4) is 0 Å². The van der Waals surface area contributed by atoms with Gasteiger partial charge in [0.1, 0.15) is 0 Å². The summed E-state index contributed by atoms with van der Waals surface area (Å²) in [7, 11) is 0. The smallest absolute Gasteiger partial charge is 0.248 e. The maximum atomic E-state index is 12.1. The zero-order valence-electron chi connectivity index (χ0n) is 15.5. The number of rotatable bonds is 8. The van der Waals surface area contributed by atoms with Crippen LogP contribution in [0.25, 0.3) is 0 Å². The number of amides is 3. The van der Waals surface area contributed by atoms with Crippen molar-refractivity contribution in [3.05, 3.63) is 41.8 Å². The van der Waals surface area contributed by atoms with E-state index in [1.54, 1.807) is 6.07 Å². The van der Waals surface area contributed by atoms with Crippen LogP contribution < -0.4 is 11.5 Å². The summed E-state index contributed by atoms with van der Waals surface area (Å²) in [4.78, 5) is 38.8. The Morgan fingerprint density at radius 2 is 1.67 bits per heavy atom. The number of hydrogen-bond donors (Lipinski definition) is 2. The number of carbonyl (C=O) groups is 3. The second-order valence-corrected chi connectivity index (χ2v) is 7.49. The van der Waals surface area contributed by atoms with Gasteiger partial charge in [-0.1, -0.05) is 18.2 Å². The molecule has 2 aliphatic heterocycles. The first-order chi connectivity index (χ1) is 12.9. The fourth-order valence-corrected chi connectivity index (χ4v) is 4.17. The lowest BCUT2D eigenvalue weighted by Crippen LogP contribution is -2.34. The van der Waals surface area contributed by atoms with Gasteiger partial charge in [-0.05, 0) is 42.9 Å². The third-order valence-corrected chi connectivity index (χ3v) is 5.54. The zero-order valence-corrected chi connectivity index (χ0v) is 15.5. The van der Waals surface area contributed by atoms with Gasteiger partial charge in [-0.15, -0.1) is 0 Å². The van der Waals surface area contributed by atoms with E-state index in [0.717, 1.165) is 44.7 Å². The Bertz CT molecular complexity index is 707. The molecule has 7 heteroatoms. The molecule has 2 fully saturated rings. The number of fused-ring (bicyclic) bond motifs is 1. The molecule has 4 N–H and O–H groups in total. The van der Waals surface area contributed by atoms with E-state index in [-0.39, 0.29) is 18.7 Å². The summed E-state index contributed by atoms with van der Waals surface area (Å²) in [6.45, 7) is 4.43. The Hall–Kier alpha value is -2.41. The zero-order chi connectivity index (χ0) is 19.4. The molecule has 0 bridgehead atoms. The van der Waals surface area contributed by atoms with Crippen LogP contribution in [-0.4, -0.2) is 60.2 Å². The van der Waals surface area contributed by atoms with Crippen LogP contribution in [0.1, 0.15) is 35.2 Å². The predicted molar refractivity (Wildman–Crippen MR) is 101 cm³/mol. The SMILES string of the molecule is NC(=O)CCC(=O)N1CC2CN(CC[CH]c3ccccc3C(N)=O)C[C@H]2C1. The summed E-state index contributed by atoms with van der Waals surface area (Å²) in [6.07, 6.45) is 3.25. The average molecular weight is 371 g/mol. The molecule has 1 unspecified atom stereocenters. The Kier molecular flexibility index (Phi) is 6.11. The summed E-state index contributed by atoms with van der Waals surface area (Å²) in [5.41, 5.74) is 12.0. The Labute approximate surface area is 159 Å². The highest BCUT2D eigenvalue weighted by Crippen LogP contribution is 2.31. The summed E-state index contributed by atoms with van der Waals surface area (Å²) in [5.74, 6) is 0.203. The monoisotopic (exact) mass is 371 g/mol. The van der Waals surface area contributed by atoms with Crippen molar-refractivity contribution in [3.63, 3.8) is 0 Å². The molecular weight excluding hydrogens is 344 g/mol. The quantitative estimate of drug-likeness (QED) is 0.688. The fraction of sp³-hybridized carbons (Fsp3) is 0.500. The third kappa shape index (κ3) is 4.86. The lowest BCUT2D eigenvalue weighted by molar-refractivity contribution is -0.132. The molecule has 0 aromatic heterocycles. The molecule has 1 aromatic rings. The van der Waals surface area contributed by atoms with E-state index < -0.39 is 11.8 Å². The molecule has 2 aliphatic rings. The molecule has 1 aromatic carbocycles. The van der Waals surface area contributed by atoms with E-state index >= 15 is 0 Å². The van der Waals surface area contributed by atoms with Gasteiger partial charge in [-0.25, -0.2) is 0 Å². The Morgan fingerprint density at radius 3 is 2.30 bits per heavy atom. The normalized spacial score (nSPS) is 22.0. The first kappa shape index (κ1) is 19.4. The number of likely N-dealkylation sites (tertiary alicyclic amines) is 2. The van der Waals surface area contributed by atoms with Crippen molar-refractivity contribution < 1.29 is 14.4 Å². The molecule has 2 heterocycles. The van der Waals surface area contributed by atoms with Gasteiger partial charge in [0.15, 0.2) is 0 Å². The molecule has 0 saturated carbocycles. The van der Waals surface area contributed by atoms with E-state index in [9.17, 15) is 14.4 Å². The van der Waals surface area contributed by atoms with E-state index in [1.165, 1.54) is 0 Å². The largest absolute Gasteiger partial charge is 0.370 e. The molecule has 3 amide bonds. The molecular formula is C20H27N4O3. The van der Waals surface area contributed by atoms with Crippen LogP contribution in [0.15, 0.2) is 24.3 Å². The number of primary amides is 2. The highest BCUT2D eigenvalue weighted by atomic mass is 16.2. The minimum Gasteiger partial charge on any atom is -0.370 e. The second kappa shape index (κ2) is 8.52. The summed E-state index contributed by atoms with van der Waals surface area (Å²) >= 11 is 0. The van der Waals surface area contributed by atoms with E-state index in [4.69, 9.17) is 11.5 Å². The van der Waals surface area contributed by atoms with Gasteiger partial charge in [0.05, 0.1) is 0 Å². The van der Waals surface area contributed by atoms with Crippen LogP contribution in [0, 0.1) is 18.3 Å². The molecule has 0 aliphatic carbocycles. The second-order valence-electron chi connectivity index (χ2n) is 7.49. The molecule has 0 spiro atoms. The van der Waals surface area contributed by atoms with Crippen molar-refractivity contribution in [2.24, 2.45) is 23.3 Å². The molecule has 3 rings (SSSR count). The summed E-state index contributed by atoms with van der Waals surface area (Å²) < 4.78 is 0. The number of hydrogen-bond acceptors (Lipinski definition) is 4. The van der Waals surface area contributed by atoms with Crippen LogP contribution in [0.2, 0.25) is 0 Å². The van der Waals surface area contributed by atoms with Gasteiger partial charge in [-0.3, -0.25) is 14.4 Å². The van der Waals surface area contributed by atoms with E-state index in [0.29, 0.717) is 17.4 Å². The first-order valence-electron chi connectivity index (χ1n) is 9.44. The molecule has 2 saturated heterocycles. The number of nitrogens with two attached hydrogens (primary N) is 2. The topological polar surface area (TPSA) is 110 Å². The average Bonchev–Trinajstić information content (AvgIpc) is 3.18. The molecule has 1 radical (unpaired) electrons. The number of nitrogens with zero attached hydrogens (tertiary/aromatic N) is 2. The number of carbonyl (C=O) groups excluding carboxylic acids is 3. The summed E-state index contributed by atoms with van der Waals surface area (Å²) in [6, 6.07) is 7.38. The standard InChI is InChI=1S/C20H27N4O3/c21-18(25)7-8-19(26)24-12-15-10-23(11-16(15)13-24)9-3-5-14-4-1-2-6-17(14)20(22)27/h1-2,4-6,15-16H,3,7-13H2,(H2,21,25)(H2,22,27)/t15-,16?/m0/s1. The van der Waals surface area contributed by atoms with Crippen LogP contribution in [-0.2, 0) is 9.59 Å². The maximum absolute atomic E-state index is 12.1. The van der Waals surface area contributed by atoms with Crippen molar-refractivity contribution in [1.29, 1.82) is 0 Å². The fourth-order valence-electron chi connectivity index (χ4n) is 4.17. The van der Waals surface area contributed by atoms with Crippen LogP contribution in [0.4, 0.5) is 0 Å². The van der Waals surface area contributed by atoms with Gasteiger partial charge in [0, 0.05) is 44.6 Å². The highest BCUT2D eigenvalue weighted by Gasteiger charge is 2.41. The predicted octanol–water partition coefficient (Wildman–Crippen LogP) is 0.384. The van der Waals surface area contributed by atoms with Crippen LogP contribution >= 0.6 is 0 Å². The Balaban J connectivity index is 1.42. The lowest BCUT2D eigenvalue weighted by atomic mass is 10.0. The first-order valence-corrected chi connectivity index (χ1v) is 9.44. The van der Waals surface area contributed by atoms with Gasteiger partial charge in [0.25, 0.3) is 0 Å². The molecule has 145 valence electrons. The minimum atomic E-state index is -0.428. The molecule has 2 atom stereocenters. The van der Waals surface area contributed by atoms with Crippen molar-refractivity contribution in [2.45, 2.75) is 19.3 Å². The maximum Gasteiger partial charge on any atom is 0.248 e. The van der Waals surface area contributed by atoms with Gasteiger partial charge in [0.2, 0.25) is 17.7 Å². The molecule has 7 nitrogen and oxygen atoms in total. The van der Waals surface area contributed by atoms with Crippen LogP contribution in [0.3, 0.4) is 0 Å². The number of benzene rings is 1. The minimum absolute atomic E-state index is 0.0335. The highest BCUT2D eigenvalue weighted by molar-refractivity contribution is 5.94. The van der Waals surface area contributed by atoms with Crippen molar-refractivity contribution >= 4 is 17.7 Å². The van der Waals surface area contributed by atoms with Gasteiger partial charge < -0.3 is 21.3 Å². The van der Waals surface area contributed by atoms with Crippen molar-refractivity contribution in [2.75, 3.05) is 32.7 Å². The van der Waals surface area contributed by atoms with Gasteiger partial charge in [-0.2, -0.15) is 0 Å². The van der Waals surface area contributed by atoms with Crippen LogP contribution in [0.5, 0.6) is 0 Å². The molecule has 27 heavy (non-hydrogen) atoms. The van der Waals surface area contributed by atoms with Crippen molar-refractivity contribution in [1.82, 2.24) is 9.80 Å². The van der Waals surface area contributed by atoms with E-state index in [2.05, 4.69) is 11.3 Å². The lowest BCUT2D eigenvalue weighted by Gasteiger charge is -2.21. The third-order valence-electron chi connectivity index (χ3n) is 5.54. The van der Waals surface area contributed by atoms with Gasteiger partial charge >= 0.3 is 0 Å². The summed E-state index contributed by atoms with van der Waals surface area (Å²) in [5, 5.41) is 0. The van der Waals surface area contributed by atoms with E-state index in [1.807, 2.05) is 23.1 Å². The Morgan fingerprint density at radius 1 is 1.00 bits per heavy atom.